The molecule has 1 N–H and O–H groups in total. The maximum atomic E-state index is 12.2. The Kier molecular flexibility index (Phi) is 6.50. The fraction of sp³-hybridized carbons (Fsp3) is 0.278. The van der Waals surface area contributed by atoms with Gasteiger partial charge >= 0.3 is 0 Å². The van der Waals surface area contributed by atoms with Gasteiger partial charge in [0.25, 0.3) is 5.91 Å². The molecule has 0 aliphatic heterocycles. The maximum Gasteiger partial charge on any atom is 0.261 e. The third-order valence-electron chi connectivity index (χ3n) is 3.79. The molecule has 0 radical (unpaired) electrons. The van der Waals surface area contributed by atoms with Crippen LogP contribution >= 0.6 is 11.6 Å². The van der Waals surface area contributed by atoms with Crippen molar-refractivity contribution < 1.29 is 17.9 Å². The first-order valence-corrected chi connectivity index (χ1v) is 10.1. The normalized spacial score (nSPS) is 12.3. The highest BCUT2D eigenvalue weighted by Crippen LogP contribution is 2.21. The number of halogens is 1. The summed E-state index contributed by atoms with van der Waals surface area (Å²) >= 11 is 6.06. The maximum absolute atomic E-state index is 12.2. The lowest BCUT2D eigenvalue weighted by atomic mass is 10.2. The van der Waals surface area contributed by atoms with Crippen LogP contribution in [0.1, 0.15) is 12.5 Å². The minimum Gasteiger partial charge on any atom is -0.481 e. The molecule has 1 unspecified atom stereocenters. The van der Waals surface area contributed by atoms with Gasteiger partial charge in [-0.2, -0.15) is 0 Å². The van der Waals surface area contributed by atoms with Gasteiger partial charge < -0.3 is 10.1 Å². The Hall–Kier alpha value is -2.25. The summed E-state index contributed by atoms with van der Waals surface area (Å²) in [4.78, 5) is 12.2. The van der Waals surface area contributed by atoms with E-state index in [0.717, 1.165) is 16.1 Å². The lowest BCUT2D eigenvalue weighted by Crippen LogP contribution is -2.36. The van der Waals surface area contributed by atoms with Gasteiger partial charge in [-0.25, -0.2) is 8.42 Å². The zero-order valence-corrected chi connectivity index (χ0v) is 16.3. The Morgan fingerprint density at radius 1 is 1.19 bits per heavy atom. The molecule has 0 aliphatic carbocycles. The molecule has 6 nitrogen and oxygen atoms in total. The number of benzene rings is 2. The Labute approximate surface area is 158 Å². The lowest BCUT2D eigenvalue weighted by molar-refractivity contribution is -0.127. The number of nitrogens with one attached hydrogen (secondary N) is 1. The highest BCUT2D eigenvalue weighted by Gasteiger charge is 2.16. The van der Waals surface area contributed by atoms with Crippen LogP contribution < -0.4 is 14.4 Å². The molecule has 0 aromatic heterocycles. The summed E-state index contributed by atoms with van der Waals surface area (Å²) in [6.07, 6.45) is 0.416. The number of carbonyl (C=O) groups is 1. The summed E-state index contributed by atoms with van der Waals surface area (Å²) in [7, 11) is -1.86. The number of anilines is 1. The van der Waals surface area contributed by atoms with E-state index in [4.69, 9.17) is 16.3 Å². The van der Waals surface area contributed by atoms with Crippen molar-refractivity contribution in [2.45, 2.75) is 19.6 Å². The predicted molar refractivity (Wildman–Crippen MR) is 103 cm³/mol. The van der Waals surface area contributed by atoms with Crippen molar-refractivity contribution in [3.05, 3.63) is 59.1 Å². The third kappa shape index (κ3) is 5.37. The zero-order chi connectivity index (χ0) is 19.3. The molecule has 8 heteroatoms. The van der Waals surface area contributed by atoms with Crippen molar-refractivity contribution in [1.29, 1.82) is 0 Å². The number of nitrogens with zero attached hydrogens (tertiary/aromatic N) is 1. The van der Waals surface area contributed by atoms with Gasteiger partial charge in [0.15, 0.2) is 6.10 Å². The van der Waals surface area contributed by atoms with Gasteiger partial charge in [-0.1, -0.05) is 29.8 Å². The van der Waals surface area contributed by atoms with E-state index in [1.54, 1.807) is 37.3 Å². The summed E-state index contributed by atoms with van der Waals surface area (Å²) in [5.74, 6) is 0.193. The van der Waals surface area contributed by atoms with Gasteiger partial charge in [0, 0.05) is 18.6 Å². The summed E-state index contributed by atoms with van der Waals surface area (Å²) in [6.45, 7) is 1.95. The second kappa shape index (κ2) is 8.42. The number of sulfonamides is 1. The number of hydrogen-bond acceptors (Lipinski definition) is 4. The summed E-state index contributed by atoms with van der Waals surface area (Å²) in [6, 6.07) is 13.7. The fourth-order valence-corrected chi connectivity index (χ4v) is 2.86. The molecule has 26 heavy (non-hydrogen) atoms. The third-order valence-corrected chi connectivity index (χ3v) is 5.37. The smallest absolute Gasteiger partial charge is 0.261 e. The van der Waals surface area contributed by atoms with E-state index in [9.17, 15) is 13.2 Å². The van der Waals surface area contributed by atoms with Crippen LogP contribution in [0.4, 0.5) is 5.69 Å². The molecule has 0 fully saturated rings. The van der Waals surface area contributed by atoms with Crippen molar-refractivity contribution in [3.63, 3.8) is 0 Å². The average Bonchev–Trinajstić information content (AvgIpc) is 2.60. The van der Waals surface area contributed by atoms with Gasteiger partial charge in [0.2, 0.25) is 10.0 Å². The largest absolute Gasteiger partial charge is 0.481 e. The van der Waals surface area contributed by atoms with Crippen molar-refractivity contribution in [1.82, 2.24) is 5.32 Å². The van der Waals surface area contributed by atoms with Crippen LogP contribution in [-0.2, 0) is 21.4 Å². The van der Waals surface area contributed by atoms with Crippen LogP contribution in [0.5, 0.6) is 5.75 Å². The van der Waals surface area contributed by atoms with Gasteiger partial charge in [-0.3, -0.25) is 9.10 Å². The highest BCUT2D eigenvalue weighted by molar-refractivity contribution is 7.92. The van der Waals surface area contributed by atoms with Gasteiger partial charge in [-0.15, -0.1) is 0 Å². The quantitative estimate of drug-likeness (QED) is 0.780. The molecule has 0 aliphatic rings. The Morgan fingerprint density at radius 2 is 1.81 bits per heavy atom. The van der Waals surface area contributed by atoms with Gasteiger partial charge in [0.1, 0.15) is 5.75 Å². The second-order valence-corrected chi connectivity index (χ2v) is 8.21. The van der Waals surface area contributed by atoms with E-state index >= 15 is 0 Å². The lowest BCUT2D eigenvalue weighted by Gasteiger charge is -2.18. The van der Waals surface area contributed by atoms with Crippen molar-refractivity contribution in [3.8, 4) is 5.75 Å². The number of rotatable bonds is 7. The molecule has 2 rings (SSSR count). The summed E-state index contributed by atoms with van der Waals surface area (Å²) in [5, 5.41) is 3.36. The Bertz CT molecular complexity index is 869. The Balaban J connectivity index is 1.93. The van der Waals surface area contributed by atoms with E-state index in [1.165, 1.54) is 7.05 Å². The first-order chi connectivity index (χ1) is 12.2. The fourth-order valence-electron chi connectivity index (χ4n) is 2.15. The summed E-state index contributed by atoms with van der Waals surface area (Å²) in [5.41, 5.74) is 1.33. The zero-order valence-electron chi connectivity index (χ0n) is 14.8. The predicted octanol–water partition coefficient (Wildman–Crippen LogP) is 2.82. The molecule has 1 amide bonds. The van der Waals surface area contributed by atoms with Crippen LogP contribution in [0.15, 0.2) is 48.5 Å². The van der Waals surface area contributed by atoms with Crippen molar-refractivity contribution in [2.75, 3.05) is 17.6 Å². The topological polar surface area (TPSA) is 75.7 Å². The molecule has 2 aromatic rings. The molecule has 2 aromatic carbocycles. The minimum atomic E-state index is -3.32. The van der Waals surface area contributed by atoms with Crippen molar-refractivity contribution in [2.24, 2.45) is 0 Å². The Morgan fingerprint density at radius 3 is 2.38 bits per heavy atom. The highest BCUT2D eigenvalue weighted by atomic mass is 35.5. The van der Waals surface area contributed by atoms with E-state index < -0.39 is 16.1 Å². The first kappa shape index (κ1) is 20.1. The first-order valence-electron chi connectivity index (χ1n) is 7.90. The molecule has 0 bridgehead atoms. The molecular weight excluding hydrogens is 376 g/mol. The van der Waals surface area contributed by atoms with Crippen molar-refractivity contribution >= 4 is 33.2 Å². The number of amides is 1. The van der Waals surface area contributed by atoms with E-state index in [1.807, 2.05) is 18.2 Å². The molecule has 0 heterocycles. The molecule has 140 valence electrons. The van der Waals surface area contributed by atoms with Crippen LogP contribution in [0.3, 0.4) is 0 Å². The number of ether oxygens (including phenoxy) is 1. The van der Waals surface area contributed by atoms with E-state index in [-0.39, 0.29) is 5.91 Å². The molecule has 0 saturated heterocycles. The standard InChI is InChI=1S/C18H21ClN2O4S/c1-13(18(22)20-12-14-6-4-5-7-17(14)19)25-16-10-8-15(9-11-16)21(2)26(3,23)24/h4-11,13H,12H2,1-3H3,(H,20,22). The summed E-state index contributed by atoms with van der Waals surface area (Å²) < 4.78 is 29.8. The SMILES string of the molecule is CC(Oc1ccc(N(C)S(C)(=O)=O)cc1)C(=O)NCc1ccccc1Cl. The average molecular weight is 397 g/mol. The molecular formula is C18H21ClN2O4S. The number of carbonyl (C=O) groups excluding carboxylic acids is 1. The molecule has 0 saturated carbocycles. The minimum absolute atomic E-state index is 0.276. The monoisotopic (exact) mass is 396 g/mol. The van der Waals surface area contributed by atoms with Gasteiger partial charge in [0.05, 0.1) is 11.9 Å². The number of hydrogen-bond donors (Lipinski definition) is 1. The van der Waals surface area contributed by atoms with E-state index in [0.29, 0.717) is 23.0 Å². The molecule has 1 atom stereocenters. The van der Waals surface area contributed by atoms with Crippen LogP contribution in [-0.4, -0.2) is 33.7 Å². The van der Waals surface area contributed by atoms with Crippen LogP contribution in [0.2, 0.25) is 5.02 Å². The molecule has 0 spiro atoms. The second-order valence-electron chi connectivity index (χ2n) is 5.79. The van der Waals surface area contributed by atoms with Crippen LogP contribution in [0, 0.1) is 0 Å². The van der Waals surface area contributed by atoms with Gasteiger partial charge in [-0.05, 0) is 42.8 Å². The van der Waals surface area contributed by atoms with Crippen LogP contribution in [0.25, 0.3) is 0 Å². The van der Waals surface area contributed by atoms with E-state index in [2.05, 4.69) is 5.32 Å².